The van der Waals surface area contributed by atoms with Gasteiger partial charge in [-0.05, 0) is 28.8 Å². The van der Waals surface area contributed by atoms with Crippen molar-refractivity contribution in [2.45, 2.75) is 44.6 Å². The van der Waals surface area contributed by atoms with Gasteiger partial charge in [-0.15, -0.1) is 10.2 Å². The minimum Gasteiger partial charge on any atom is -0.299 e. The molecule has 2 aromatic rings. The second-order valence-corrected chi connectivity index (χ2v) is 7.11. The van der Waals surface area contributed by atoms with Crippen LogP contribution in [0.1, 0.15) is 43.0 Å². The first-order valence-corrected chi connectivity index (χ1v) is 8.63. The van der Waals surface area contributed by atoms with Crippen LogP contribution in [0.3, 0.4) is 0 Å². The molecule has 1 saturated carbocycles. The summed E-state index contributed by atoms with van der Waals surface area (Å²) in [5, 5.41) is 16.8. The monoisotopic (exact) mass is 369 g/mol. The Morgan fingerprint density at radius 3 is 2.90 bits per heavy atom. The lowest BCUT2D eigenvalue weighted by Gasteiger charge is -2.18. The van der Waals surface area contributed by atoms with E-state index in [4.69, 9.17) is 0 Å². The highest BCUT2D eigenvalue weighted by Gasteiger charge is 2.20. The van der Waals surface area contributed by atoms with Crippen molar-refractivity contribution >= 4 is 38.3 Å². The zero-order valence-corrected chi connectivity index (χ0v) is 13.9. The molecule has 2 aromatic heterocycles. The zero-order chi connectivity index (χ0) is 14.7. The molecule has 3 rings (SSSR count). The summed E-state index contributed by atoms with van der Waals surface area (Å²) in [6.45, 7) is 0.171. The topological polar surface area (TPSA) is 72.7 Å². The maximum absolute atomic E-state index is 11.9. The molecule has 6 nitrogen and oxygen atoms in total. The number of carbonyl (C=O) groups is 1. The molecule has 0 atom stereocenters. The summed E-state index contributed by atoms with van der Waals surface area (Å²) in [6, 6.07) is 0. The van der Waals surface area contributed by atoms with Gasteiger partial charge in [-0.2, -0.15) is 5.10 Å². The maximum atomic E-state index is 11.9. The number of anilines is 1. The Morgan fingerprint density at radius 2 is 2.19 bits per heavy atom. The van der Waals surface area contributed by atoms with E-state index in [1.807, 2.05) is 0 Å². The van der Waals surface area contributed by atoms with E-state index in [0.29, 0.717) is 11.0 Å². The minimum absolute atomic E-state index is 0.142. The number of amides is 1. The summed E-state index contributed by atoms with van der Waals surface area (Å²) in [5.41, 5.74) is 0. The van der Waals surface area contributed by atoms with E-state index in [2.05, 4.69) is 36.5 Å². The number of halogens is 1. The van der Waals surface area contributed by atoms with Gasteiger partial charge in [0.1, 0.15) is 11.6 Å². The molecule has 1 amide bonds. The summed E-state index contributed by atoms with van der Waals surface area (Å²) in [7, 11) is 0. The van der Waals surface area contributed by atoms with Gasteiger partial charge in [0.2, 0.25) is 11.0 Å². The molecule has 1 aliphatic rings. The fraction of sp³-hybridized carbons (Fsp3) is 0.538. The molecule has 0 aliphatic heterocycles. The third-order valence-electron chi connectivity index (χ3n) is 3.55. The van der Waals surface area contributed by atoms with Crippen LogP contribution in [0.5, 0.6) is 0 Å². The molecule has 1 N–H and O–H groups in total. The number of hydrogen-bond donors (Lipinski definition) is 1. The number of nitrogens with one attached hydrogen (secondary N) is 1. The molecule has 112 valence electrons. The van der Waals surface area contributed by atoms with Crippen molar-refractivity contribution < 1.29 is 4.79 Å². The van der Waals surface area contributed by atoms with Crippen LogP contribution in [-0.2, 0) is 11.3 Å². The van der Waals surface area contributed by atoms with Gasteiger partial charge in [0.05, 0.1) is 10.7 Å². The van der Waals surface area contributed by atoms with Crippen molar-refractivity contribution in [2.24, 2.45) is 0 Å². The van der Waals surface area contributed by atoms with E-state index in [1.54, 1.807) is 17.1 Å². The van der Waals surface area contributed by atoms with Gasteiger partial charge >= 0.3 is 0 Å². The van der Waals surface area contributed by atoms with Crippen LogP contribution in [0.15, 0.2) is 16.9 Å². The number of aromatic nitrogens is 4. The molecule has 0 unspecified atom stereocenters. The summed E-state index contributed by atoms with van der Waals surface area (Å²) >= 11 is 4.79. The normalized spacial score (nSPS) is 16.0. The highest BCUT2D eigenvalue weighted by Crippen LogP contribution is 2.35. The predicted molar refractivity (Wildman–Crippen MR) is 84.3 cm³/mol. The summed E-state index contributed by atoms with van der Waals surface area (Å²) in [6.07, 6.45) is 9.62. The van der Waals surface area contributed by atoms with Crippen LogP contribution in [-0.4, -0.2) is 25.9 Å². The third kappa shape index (κ3) is 3.88. The Bertz CT molecular complexity index is 620. The molecule has 2 heterocycles. The van der Waals surface area contributed by atoms with Gasteiger partial charge in [-0.25, -0.2) is 0 Å². The van der Waals surface area contributed by atoms with Crippen LogP contribution in [0.2, 0.25) is 0 Å². The fourth-order valence-electron chi connectivity index (χ4n) is 2.53. The average molecular weight is 370 g/mol. The van der Waals surface area contributed by atoms with Gasteiger partial charge in [-0.1, -0.05) is 30.6 Å². The van der Waals surface area contributed by atoms with E-state index in [0.717, 1.165) is 9.48 Å². The average Bonchev–Trinajstić information content (AvgIpc) is 3.09. The molecular weight excluding hydrogens is 354 g/mol. The molecular formula is C13H16BrN5OS. The van der Waals surface area contributed by atoms with Crippen molar-refractivity contribution in [1.29, 1.82) is 0 Å². The highest BCUT2D eigenvalue weighted by molar-refractivity contribution is 9.10. The van der Waals surface area contributed by atoms with Crippen molar-refractivity contribution in [3.05, 3.63) is 21.9 Å². The van der Waals surface area contributed by atoms with Crippen molar-refractivity contribution in [3.63, 3.8) is 0 Å². The minimum atomic E-state index is -0.142. The first-order chi connectivity index (χ1) is 10.2. The quantitative estimate of drug-likeness (QED) is 0.897. The van der Waals surface area contributed by atoms with Gasteiger partial charge in [-0.3, -0.25) is 14.8 Å². The molecule has 1 aliphatic carbocycles. The number of nitrogens with zero attached hydrogens (tertiary/aromatic N) is 4. The second kappa shape index (κ2) is 6.65. The van der Waals surface area contributed by atoms with E-state index >= 15 is 0 Å². The fourth-order valence-corrected chi connectivity index (χ4v) is 3.79. The van der Waals surface area contributed by atoms with E-state index in [1.165, 1.54) is 43.4 Å². The molecule has 0 saturated heterocycles. The lowest BCUT2D eigenvalue weighted by atomic mass is 9.90. The smallest absolute Gasteiger partial charge is 0.247 e. The molecule has 8 heteroatoms. The molecule has 21 heavy (non-hydrogen) atoms. The van der Waals surface area contributed by atoms with Crippen LogP contribution >= 0.6 is 27.3 Å². The standard InChI is InChI=1S/C13H16BrN5OS/c14-10-6-15-19(7-10)8-11(20)16-13-18-17-12(21-13)9-4-2-1-3-5-9/h6-7,9H,1-5,8H2,(H,16,18,20). The largest absolute Gasteiger partial charge is 0.299 e. The molecule has 1 fully saturated rings. The number of hydrogen-bond acceptors (Lipinski definition) is 5. The van der Waals surface area contributed by atoms with E-state index in [9.17, 15) is 4.79 Å². The Hall–Kier alpha value is -1.28. The summed E-state index contributed by atoms with van der Waals surface area (Å²) < 4.78 is 2.42. The van der Waals surface area contributed by atoms with E-state index < -0.39 is 0 Å². The second-order valence-electron chi connectivity index (χ2n) is 5.18. The van der Waals surface area contributed by atoms with Crippen LogP contribution < -0.4 is 5.32 Å². The summed E-state index contributed by atoms with van der Waals surface area (Å²) in [5.74, 6) is 0.376. The van der Waals surface area contributed by atoms with Crippen LogP contribution in [0.4, 0.5) is 5.13 Å². The Kier molecular flexibility index (Phi) is 4.64. The molecule has 0 bridgehead atoms. The maximum Gasteiger partial charge on any atom is 0.247 e. The first-order valence-electron chi connectivity index (χ1n) is 7.02. The van der Waals surface area contributed by atoms with Crippen molar-refractivity contribution in [1.82, 2.24) is 20.0 Å². The van der Waals surface area contributed by atoms with Crippen molar-refractivity contribution in [3.8, 4) is 0 Å². The number of carbonyl (C=O) groups excluding carboxylic acids is 1. The van der Waals surface area contributed by atoms with Crippen LogP contribution in [0.25, 0.3) is 0 Å². The predicted octanol–water partition coefficient (Wildman–Crippen LogP) is 3.18. The lowest BCUT2D eigenvalue weighted by molar-refractivity contribution is -0.116. The third-order valence-corrected chi connectivity index (χ3v) is 4.96. The van der Waals surface area contributed by atoms with Gasteiger partial charge in [0.15, 0.2) is 0 Å². The first kappa shape index (κ1) is 14.6. The van der Waals surface area contributed by atoms with Crippen molar-refractivity contribution in [2.75, 3.05) is 5.32 Å². The summed E-state index contributed by atoms with van der Waals surface area (Å²) in [4.78, 5) is 11.9. The lowest BCUT2D eigenvalue weighted by Crippen LogP contribution is -2.18. The van der Waals surface area contributed by atoms with Gasteiger partial charge < -0.3 is 0 Å². The molecule has 0 spiro atoms. The molecule has 0 radical (unpaired) electrons. The number of rotatable bonds is 4. The Morgan fingerprint density at radius 1 is 1.38 bits per heavy atom. The molecule has 0 aromatic carbocycles. The van der Waals surface area contributed by atoms with Gasteiger partial charge in [0.25, 0.3) is 0 Å². The van der Waals surface area contributed by atoms with Crippen LogP contribution in [0, 0.1) is 0 Å². The SMILES string of the molecule is O=C(Cn1cc(Br)cn1)Nc1nnc(C2CCCCC2)s1. The Labute approximate surface area is 135 Å². The van der Waals surface area contributed by atoms with E-state index in [-0.39, 0.29) is 12.5 Å². The highest BCUT2D eigenvalue weighted by atomic mass is 79.9. The zero-order valence-electron chi connectivity index (χ0n) is 11.5. The Balaban J connectivity index is 1.57. The van der Waals surface area contributed by atoms with Gasteiger partial charge in [0, 0.05) is 12.1 Å².